The molecule has 2 aromatic rings. The predicted octanol–water partition coefficient (Wildman–Crippen LogP) is 3.21. The van der Waals surface area contributed by atoms with Crippen LogP contribution in [0, 0.1) is 0 Å². The largest absolute Gasteiger partial charge is 0.369 e. The summed E-state index contributed by atoms with van der Waals surface area (Å²) in [4.78, 5) is 31.6. The first-order valence-corrected chi connectivity index (χ1v) is 10.2. The normalized spacial score (nSPS) is 20.7. The molecule has 5 heteroatoms. The monoisotopic (exact) mass is 387 g/mol. The van der Waals surface area contributed by atoms with Crippen LogP contribution in [0.1, 0.15) is 29.8 Å². The Labute approximate surface area is 171 Å². The zero-order chi connectivity index (χ0) is 20.2. The Hall–Kier alpha value is -2.92. The van der Waals surface area contributed by atoms with Crippen molar-refractivity contribution in [2.75, 3.05) is 42.5 Å². The van der Waals surface area contributed by atoms with E-state index in [-0.39, 0.29) is 5.78 Å². The zero-order valence-electron chi connectivity index (χ0n) is 16.9. The summed E-state index contributed by atoms with van der Waals surface area (Å²) >= 11 is 0. The van der Waals surface area contributed by atoms with E-state index in [1.165, 1.54) is 11.3 Å². The van der Waals surface area contributed by atoms with Crippen molar-refractivity contribution in [1.82, 2.24) is 4.90 Å². The minimum atomic E-state index is -0.506. The molecule has 1 saturated heterocycles. The van der Waals surface area contributed by atoms with Gasteiger partial charge in [-0.2, -0.15) is 0 Å². The Morgan fingerprint density at radius 2 is 1.55 bits per heavy atom. The van der Waals surface area contributed by atoms with E-state index in [2.05, 4.69) is 40.1 Å². The van der Waals surface area contributed by atoms with Gasteiger partial charge < -0.3 is 4.90 Å². The lowest BCUT2D eigenvalue weighted by Gasteiger charge is -2.41. The number of carbonyl (C=O) groups excluding carboxylic acids is 2. The van der Waals surface area contributed by atoms with Crippen LogP contribution >= 0.6 is 0 Å². The Bertz CT molecular complexity index is 1020. The van der Waals surface area contributed by atoms with E-state index in [1.807, 2.05) is 32.0 Å². The fraction of sp³-hybridized carbons (Fsp3) is 0.333. The molecule has 1 fully saturated rings. The number of nitrogens with zero attached hydrogens (tertiary/aromatic N) is 3. The van der Waals surface area contributed by atoms with Crippen LogP contribution in [-0.4, -0.2) is 54.9 Å². The third-order valence-electron chi connectivity index (χ3n) is 6.24. The summed E-state index contributed by atoms with van der Waals surface area (Å²) < 4.78 is 0. The quantitative estimate of drug-likeness (QED) is 0.759. The maximum Gasteiger partial charge on any atom is 0.300 e. The van der Waals surface area contributed by atoms with E-state index in [0.717, 1.165) is 44.0 Å². The van der Waals surface area contributed by atoms with Crippen LogP contribution in [0.25, 0.3) is 5.57 Å². The van der Waals surface area contributed by atoms with Gasteiger partial charge in [-0.05, 0) is 37.6 Å². The van der Waals surface area contributed by atoms with Crippen molar-refractivity contribution >= 4 is 28.6 Å². The average molecular weight is 387 g/mol. The van der Waals surface area contributed by atoms with Gasteiger partial charge in [-0.3, -0.25) is 19.4 Å². The number of ketones is 1. The molecule has 0 aliphatic carbocycles. The second kappa shape index (κ2) is 6.56. The van der Waals surface area contributed by atoms with Crippen LogP contribution in [0.3, 0.4) is 0 Å². The fourth-order valence-electron chi connectivity index (χ4n) is 4.84. The maximum absolute atomic E-state index is 12.6. The van der Waals surface area contributed by atoms with Gasteiger partial charge in [0.05, 0.1) is 16.8 Å². The van der Waals surface area contributed by atoms with Crippen LogP contribution in [0.15, 0.2) is 54.6 Å². The first-order valence-electron chi connectivity index (χ1n) is 10.2. The fourth-order valence-corrected chi connectivity index (χ4v) is 4.84. The van der Waals surface area contributed by atoms with Crippen LogP contribution in [0.4, 0.5) is 11.4 Å². The van der Waals surface area contributed by atoms with Gasteiger partial charge >= 0.3 is 0 Å². The Morgan fingerprint density at radius 1 is 0.862 bits per heavy atom. The molecular weight excluding hydrogens is 362 g/mol. The molecule has 3 aliphatic rings. The molecule has 2 aromatic carbocycles. The number of hydrogen-bond donors (Lipinski definition) is 0. The van der Waals surface area contributed by atoms with Gasteiger partial charge in [-0.25, -0.2) is 0 Å². The number of para-hydroxylation sites is 2. The zero-order valence-corrected chi connectivity index (χ0v) is 16.9. The number of anilines is 2. The van der Waals surface area contributed by atoms with Crippen molar-refractivity contribution in [2.45, 2.75) is 19.4 Å². The summed E-state index contributed by atoms with van der Waals surface area (Å²) in [5.41, 5.74) is 4.34. The van der Waals surface area contributed by atoms with Crippen molar-refractivity contribution in [2.24, 2.45) is 0 Å². The van der Waals surface area contributed by atoms with Gasteiger partial charge in [0.1, 0.15) is 0 Å². The summed E-state index contributed by atoms with van der Waals surface area (Å²) in [6.45, 7) is 8.83. The maximum atomic E-state index is 12.6. The van der Waals surface area contributed by atoms with Gasteiger partial charge in [-0.1, -0.05) is 36.4 Å². The molecule has 3 heterocycles. The highest BCUT2D eigenvalue weighted by atomic mass is 16.2. The summed E-state index contributed by atoms with van der Waals surface area (Å²) in [7, 11) is 0. The molecule has 5 nitrogen and oxygen atoms in total. The number of rotatable bonds is 3. The minimum Gasteiger partial charge on any atom is -0.369 e. The molecule has 3 aliphatic heterocycles. The molecule has 1 amide bonds. The van der Waals surface area contributed by atoms with E-state index < -0.39 is 11.4 Å². The molecule has 0 atom stereocenters. The van der Waals surface area contributed by atoms with Gasteiger partial charge in [0.15, 0.2) is 0 Å². The minimum absolute atomic E-state index is 0.388. The standard InChI is InChI=1S/C24H25N3O2/c1-24(2)15-17(19-9-6-10-20-21(19)27(24)23(29)22(20)28)16-25-11-13-26(14-12-25)18-7-4-3-5-8-18/h3-10,15H,11-14,16H2,1-2H3. The Kier molecular flexibility index (Phi) is 4.10. The first kappa shape index (κ1) is 18.1. The second-order valence-electron chi connectivity index (χ2n) is 8.59. The van der Waals surface area contributed by atoms with Gasteiger partial charge in [-0.15, -0.1) is 0 Å². The highest BCUT2D eigenvalue weighted by Crippen LogP contribution is 2.45. The van der Waals surface area contributed by atoms with Crippen molar-refractivity contribution in [3.8, 4) is 0 Å². The van der Waals surface area contributed by atoms with Crippen LogP contribution in [0.2, 0.25) is 0 Å². The van der Waals surface area contributed by atoms with Crippen molar-refractivity contribution in [1.29, 1.82) is 0 Å². The number of carbonyl (C=O) groups is 2. The summed E-state index contributed by atoms with van der Waals surface area (Å²) in [5.74, 6) is -0.801. The SMILES string of the molecule is CC1(C)C=C(CN2CCN(c3ccccc3)CC2)c2cccc3c2N1C(=O)C3=O. The van der Waals surface area contributed by atoms with Crippen molar-refractivity contribution in [3.05, 3.63) is 65.7 Å². The van der Waals surface area contributed by atoms with E-state index in [4.69, 9.17) is 0 Å². The lowest BCUT2D eigenvalue weighted by molar-refractivity contribution is -0.115. The van der Waals surface area contributed by atoms with E-state index in [0.29, 0.717) is 5.56 Å². The Balaban J connectivity index is 1.39. The smallest absolute Gasteiger partial charge is 0.300 e. The molecule has 29 heavy (non-hydrogen) atoms. The first-order chi connectivity index (χ1) is 14.0. The third-order valence-corrected chi connectivity index (χ3v) is 6.24. The van der Waals surface area contributed by atoms with E-state index in [1.54, 1.807) is 11.0 Å². The highest BCUT2D eigenvalue weighted by Gasteiger charge is 2.46. The van der Waals surface area contributed by atoms with Gasteiger partial charge in [0.2, 0.25) is 0 Å². The van der Waals surface area contributed by atoms with Crippen LogP contribution in [0.5, 0.6) is 0 Å². The number of benzene rings is 2. The topological polar surface area (TPSA) is 43.9 Å². The number of hydrogen-bond acceptors (Lipinski definition) is 4. The lowest BCUT2D eigenvalue weighted by atomic mass is 9.88. The molecule has 0 spiro atoms. The molecular formula is C24H25N3O2. The van der Waals surface area contributed by atoms with Crippen molar-refractivity contribution < 1.29 is 9.59 Å². The molecule has 0 bridgehead atoms. The second-order valence-corrected chi connectivity index (χ2v) is 8.59. The molecule has 0 radical (unpaired) electrons. The van der Waals surface area contributed by atoms with Crippen LogP contribution in [-0.2, 0) is 4.79 Å². The molecule has 0 saturated carbocycles. The number of piperazine rings is 1. The number of amides is 1. The average Bonchev–Trinajstić information content (AvgIpc) is 2.99. The van der Waals surface area contributed by atoms with E-state index >= 15 is 0 Å². The highest BCUT2D eigenvalue weighted by molar-refractivity contribution is 6.53. The van der Waals surface area contributed by atoms with Crippen LogP contribution < -0.4 is 9.80 Å². The lowest BCUT2D eigenvalue weighted by Crippen LogP contribution is -2.49. The number of Topliss-reactive ketones (excluding diaryl/α,β-unsaturated/α-hetero) is 1. The molecule has 0 N–H and O–H groups in total. The molecule has 0 unspecified atom stereocenters. The van der Waals surface area contributed by atoms with E-state index in [9.17, 15) is 9.59 Å². The van der Waals surface area contributed by atoms with Crippen molar-refractivity contribution in [3.63, 3.8) is 0 Å². The molecule has 0 aromatic heterocycles. The van der Waals surface area contributed by atoms with Gasteiger partial charge in [0, 0.05) is 44.0 Å². The third kappa shape index (κ3) is 2.88. The summed E-state index contributed by atoms with van der Waals surface area (Å²) in [6, 6.07) is 16.3. The molecule has 148 valence electrons. The Morgan fingerprint density at radius 3 is 2.28 bits per heavy atom. The summed E-state index contributed by atoms with van der Waals surface area (Å²) in [6.07, 6.45) is 2.17. The predicted molar refractivity (Wildman–Crippen MR) is 115 cm³/mol. The summed E-state index contributed by atoms with van der Waals surface area (Å²) in [5, 5.41) is 0. The van der Waals surface area contributed by atoms with Gasteiger partial charge in [0.25, 0.3) is 11.7 Å². The molecule has 5 rings (SSSR count).